The maximum Gasteiger partial charge on any atom is 0.326 e. The summed E-state index contributed by atoms with van der Waals surface area (Å²) in [5, 5.41) is 18.4. The van der Waals surface area contributed by atoms with E-state index in [2.05, 4.69) is 0 Å². The Labute approximate surface area is 113 Å². The van der Waals surface area contributed by atoms with Crippen LogP contribution >= 0.6 is 0 Å². The highest BCUT2D eigenvalue weighted by molar-refractivity contribution is 5.83. The van der Waals surface area contributed by atoms with E-state index in [1.807, 2.05) is 6.92 Å². The maximum atomic E-state index is 12.5. The highest BCUT2D eigenvalue weighted by Crippen LogP contribution is 2.29. The topological polar surface area (TPSA) is 81.1 Å². The lowest BCUT2D eigenvalue weighted by atomic mass is 9.91. The van der Waals surface area contributed by atoms with E-state index in [-0.39, 0.29) is 24.6 Å². The minimum absolute atomic E-state index is 0.0150. The number of hydrogen-bond donors (Lipinski definition) is 2. The summed E-state index contributed by atoms with van der Waals surface area (Å²) in [5.74, 6) is -0.949. The van der Waals surface area contributed by atoms with Gasteiger partial charge in [-0.15, -0.1) is 0 Å². The highest BCUT2D eigenvalue weighted by atomic mass is 16.4. The third kappa shape index (κ3) is 2.68. The van der Waals surface area contributed by atoms with Gasteiger partial charge >= 0.3 is 12.0 Å². The summed E-state index contributed by atoms with van der Waals surface area (Å²) in [6.45, 7) is 2.57. The van der Waals surface area contributed by atoms with Gasteiger partial charge < -0.3 is 20.0 Å². The van der Waals surface area contributed by atoms with E-state index in [1.165, 1.54) is 4.90 Å². The van der Waals surface area contributed by atoms with Crippen LogP contribution in [0.1, 0.15) is 32.6 Å². The van der Waals surface area contributed by atoms with E-state index >= 15 is 0 Å². The zero-order valence-corrected chi connectivity index (χ0v) is 11.3. The lowest BCUT2D eigenvalue weighted by molar-refractivity contribution is -0.142. The molecule has 19 heavy (non-hydrogen) atoms. The van der Waals surface area contributed by atoms with E-state index in [4.69, 9.17) is 5.11 Å². The molecular formula is C13H22N2O4. The molecule has 1 saturated carbocycles. The van der Waals surface area contributed by atoms with Crippen molar-refractivity contribution in [1.82, 2.24) is 9.80 Å². The van der Waals surface area contributed by atoms with Crippen molar-refractivity contribution in [2.24, 2.45) is 5.92 Å². The molecule has 0 aromatic carbocycles. The molecule has 1 saturated heterocycles. The van der Waals surface area contributed by atoms with Crippen LogP contribution in [0.5, 0.6) is 0 Å². The Morgan fingerprint density at radius 3 is 2.47 bits per heavy atom. The molecule has 0 spiro atoms. The van der Waals surface area contributed by atoms with E-state index < -0.39 is 12.0 Å². The second-order valence-electron chi connectivity index (χ2n) is 5.53. The van der Waals surface area contributed by atoms with Crippen molar-refractivity contribution in [3.63, 3.8) is 0 Å². The quantitative estimate of drug-likeness (QED) is 0.790. The van der Waals surface area contributed by atoms with Crippen molar-refractivity contribution in [3.05, 3.63) is 0 Å². The van der Waals surface area contributed by atoms with Gasteiger partial charge in [0.15, 0.2) is 0 Å². The Bertz CT molecular complexity index is 357. The molecule has 2 fully saturated rings. The molecule has 1 aliphatic carbocycles. The molecule has 1 heterocycles. The van der Waals surface area contributed by atoms with Gasteiger partial charge in [0.25, 0.3) is 0 Å². The van der Waals surface area contributed by atoms with E-state index in [1.54, 1.807) is 4.90 Å². The van der Waals surface area contributed by atoms with Crippen molar-refractivity contribution < 1.29 is 19.8 Å². The number of aliphatic hydroxyl groups excluding tert-OH is 1. The Kier molecular flexibility index (Phi) is 4.29. The van der Waals surface area contributed by atoms with Crippen LogP contribution in [0.4, 0.5) is 4.79 Å². The number of aliphatic carboxylic acids is 1. The number of amides is 2. The Balaban J connectivity index is 2.09. The molecule has 0 aromatic rings. The van der Waals surface area contributed by atoms with Gasteiger partial charge in [-0.2, -0.15) is 0 Å². The smallest absolute Gasteiger partial charge is 0.326 e. The average molecular weight is 270 g/mol. The van der Waals surface area contributed by atoms with Crippen molar-refractivity contribution in [1.29, 1.82) is 0 Å². The number of urea groups is 1. The molecule has 2 aliphatic rings. The van der Waals surface area contributed by atoms with E-state index in [0.717, 1.165) is 25.7 Å². The molecule has 2 unspecified atom stereocenters. The average Bonchev–Trinajstić information content (AvgIpc) is 2.67. The number of aliphatic hydroxyl groups is 1. The van der Waals surface area contributed by atoms with Crippen LogP contribution in [0.25, 0.3) is 0 Å². The minimum atomic E-state index is -0.934. The molecule has 108 valence electrons. The summed E-state index contributed by atoms with van der Waals surface area (Å²) >= 11 is 0. The molecule has 2 amide bonds. The van der Waals surface area contributed by atoms with Crippen molar-refractivity contribution in [3.8, 4) is 0 Å². The second kappa shape index (κ2) is 5.77. The summed E-state index contributed by atoms with van der Waals surface area (Å²) in [7, 11) is 0. The van der Waals surface area contributed by atoms with Crippen LogP contribution in [0, 0.1) is 5.92 Å². The number of nitrogens with zero attached hydrogens (tertiary/aromatic N) is 2. The Morgan fingerprint density at radius 1 is 1.32 bits per heavy atom. The summed E-state index contributed by atoms with van der Waals surface area (Å²) in [4.78, 5) is 26.9. The summed E-state index contributed by atoms with van der Waals surface area (Å²) < 4.78 is 0. The number of rotatable bonds is 4. The van der Waals surface area contributed by atoms with Crippen LogP contribution in [-0.4, -0.2) is 63.8 Å². The van der Waals surface area contributed by atoms with Gasteiger partial charge in [-0.05, 0) is 31.6 Å². The van der Waals surface area contributed by atoms with Crippen LogP contribution in [-0.2, 0) is 4.79 Å². The molecular weight excluding hydrogens is 248 g/mol. The monoisotopic (exact) mass is 270 g/mol. The first-order valence-electron chi connectivity index (χ1n) is 6.97. The number of hydrogen-bond acceptors (Lipinski definition) is 3. The SMILES string of the molecule is CC1CCN(C(=O)N(CCO)C2CCC2)C1C(=O)O. The van der Waals surface area contributed by atoms with Crippen molar-refractivity contribution in [2.45, 2.75) is 44.7 Å². The number of likely N-dealkylation sites (tertiary alicyclic amines) is 1. The number of carboxylic acid groups (broad SMARTS) is 1. The predicted octanol–water partition coefficient (Wildman–Crippen LogP) is 0.748. The fraction of sp³-hybridized carbons (Fsp3) is 0.846. The highest BCUT2D eigenvalue weighted by Gasteiger charge is 2.42. The van der Waals surface area contributed by atoms with Gasteiger partial charge in [0, 0.05) is 19.1 Å². The van der Waals surface area contributed by atoms with Gasteiger partial charge in [0.1, 0.15) is 6.04 Å². The molecule has 0 bridgehead atoms. The third-order valence-electron chi connectivity index (χ3n) is 4.30. The van der Waals surface area contributed by atoms with Crippen LogP contribution in [0.3, 0.4) is 0 Å². The fourth-order valence-electron chi connectivity index (χ4n) is 2.94. The molecule has 0 aromatic heterocycles. The van der Waals surface area contributed by atoms with E-state index in [9.17, 15) is 14.7 Å². The second-order valence-corrected chi connectivity index (χ2v) is 5.53. The standard InChI is InChI=1S/C13H22N2O4/c1-9-5-6-15(11(9)12(17)18)13(19)14(7-8-16)10-3-2-4-10/h9-11,16H,2-8H2,1H3,(H,17,18). The molecule has 1 aliphatic heterocycles. The first-order valence-corrected chi connectivity index (χ1v) is 6.97. The summed E-state index contributed by atoms with van der Waals surface area (Å²) in [6.07, 6.45) is 3.72. The third-order valence-corrected chi connectivity index (χ3v) is 4.30. The maximum absolute atomic E-state index is 12.5. The number of carbonyl (C=O) groups excluding carboxylic acids is 1. The zero-order chi connectivity index (χ0) is 14.0. The normalized spacial score (nSPS) is 27.2. The van der Waals surface area contributed by atoms with Crippen molar-refractivity contribution >= 4 is 12.0 Å². The zero-order valence-electron chi connectivity index (χ0n) is 11.3. The van der Waals surface area contributed by atoms with Crippen LogP contribution in [0.2, 0.25) is 0 Å². The summed E-state index contributed by atoms with van der Waals surface area (Å²) in [5.41, 5.74) is 0. The van der Waals surface area contributed by atoms with Gasteiger partial charge in [0.2, 0.25) is 0 Å². The predicted molar refractivity (Wildman–Crippen MR) is 68.7 cm³/mol. The molecule has 2 N–H and O–H groups in total. The van der Waals surface area contributed by atoms with Gasteiger partial charge in [-0.3, -0.25) is 0 Å². The molecule has 0 radical (unpaired) electrons. The molecule has 2 atom stereocenters. The first-order chi connectivity index (χ1) is 9.06. The van der Waals surface area contributed by atoms with Crippen LogP contribution < -0.4 is 0 Å². The fourth-order valence-corrected chi connectivity index (χ4v) is 2.94. The molecule has 2 rings (SSSR count). The van der Waals surface area contributed by atoms with Gasteiger partial charge in [-0.25, -0.2) is 9.59 Å². The Hall–Kier alpha value is -1.30. The van der Waals surface area contributed by atoms with Crippen LogP contribution in [0.15, 0.2) is 0 Å². The van der Waals surface area contributed by atoms with E-state index in [0.29, 0.717) is 13.1 Å². The Morgan fingerprint density at radius 2 is 2.00 bits per heavy atom. The number of carboxylic acids is 1. The van der Waals surface area contributed by atoms with Crippen molar-refractivity contribution in [2.75, 3.05) is 19.7 Å². The first kappa shape index (κ1) is 14.1. The molecule has 6 nitrogen and oxygen atoms in total. The lowest BCUT2D eigenvalue weighted by Gasteiger charge is -2.40. The lowest BCUT2D eigenvalue weighted by Crippen LogP contribution is -2.54. The summed E-state index contributed by atoms with van der Waals surface area (Å²) in [6, 6.07) is -0.783. The van der Waals surface area contributed by atoms with Gasteiger partial charge in [0.05, 0.1) is 6.61 Å². The number of carbonyl (C=O) groups is 2. The van der Waals surface area contributed by atoms with Gasteiger partial charge in [-0.1, -0.05) is 6.92 Å². The minimum Gasteiger partial charge on any atom is -0.480 e. The molecule has 6 heteroatoms. The largest absolute Gasteiger partial charge is 0.480 e.